The molecule has 1 heteroatoms. The maximum Gasteiger partial charge on any atom is 0.0484 e. The molecule has 1 radical (unpaired) electrons. The predicted molar refractivity (Wildman–Crippen MR) is 65.3 cm³/mol. The van der Waals surface area contributed by atoms with Crippen LogP contribution in [0.5, 0.6) is 0 Å². The Morgan fingerprint density at radius 3 is 2.73 bits per heavy atom. The van der Waals surface area contributed by atoms with Crippen LogP contribution < -0.4 is 0 Å². The summed E-state index contributed by atoms with van der Waals surface area (Å²) in [7, 11) is 0. The largest absolute Gasteiger partial charge is 0.0837 e. The van der Waals surface area contributed by atoms with Crippen molar-refractivity contribution >= 4 is 33.1 Å². The van der Waals surface area contributed by atoms with Crippen molar-refractivity contribution in [1.82, 2.24) is 0 Å². The Labute approximate surface area is 93.1 Å². The van der Waals surface area contributed by atoms with Crippen LogP contribution in [0, 0.1) is 6.07 Å². The van der Waals surface area contributed by atoms with Gasteiger partial charge in [0.1, 0.15) is 0 Å². The van der Waals surface area contributed by atoms with Crippen LogP contribution in [0.3, 0.4) is 0 Å². The summed E-state index contributed by atoms with van der Waals surface area (Å²) < 4.78 is 0. The minimum absolute atomic E-state index is 0.798. The summed E-state index contributed by atoms with van der Waals surface area (Å²) in [6.07, 6.45) is 0. The topological polar surface area (TPSA) is 0 Å². The van der Waals surface area contributed by atoms with Crippen molar-refractivity contribution in [1.29, 1.82) is 0 Å². The number of halogens is 1. The fourth-order valence-electron chi connectivity index (χ4n) is 1.86. The molecule has 0 saturated carbocycles. The van der Waals surface area contributed by atoms with Crippen LogP contribution in [-0.2, 0) is 0 Å². The van der Waals surface area contributed by atoms with E-state index in [1.165, 1.54) is 10.8 Å². The number of rotatable bonds is 0. The first-order valence-electron chi connectivity index (χ1n) is 4.83. The molecule has 0 aliphatic carbocycles. The summed E-state index contributed by atoms with van der Waals surface area (Å²) in [4.78, 5) is 0. The van der Waals surface area contributed by atoms with Gasteiger partial charge in [0.25, 0.3) is 0 Å². The van der Waals surface area contributed by atoms with Crippen LogP contribution in [0.15, 0.2) is 48.5 Å². The molecule has 0 spiro atoms. The molecule has 0 N–H and O–H groups in total. The van der Waals surface area contributed by atoms with Gasteiger partial charge in [-0.15, -0.1) is 0 Å². The van der Waals surface area contributed by atoms with Gasteiger partial charge < -0.3 is 0 Å². The Kier molecular flexibility index (Phi) is 1.90. The Morgan fingerprint density at radius 2 is 1.80 bits per heavy atom. The maximum atomic E-state index is 6.14. The lowest BCUT2D eigenvalue weighted by Crippen LogP contribution is -1.77. The highest BCUT2D eigenvalue weighted by molar-refractivity contribution is 6.35. The van der Waals surface area contributed by atoms with Crippen LogP contribution >= 0.6 is 11.6 Å². The quantitative estimate of drug-likeness (QED) is 0.482. The van der Waals surface area contributed by atoms with Crippen LogP contribution in [0.4, 0.5) is 0 Å². The molecule has 0 fully saturated rings. The molecular weight excluding hydrogens is 204 g/mol. The molecule has 3 aromatic carbocycles. The molecule has 15 heavy (non-hydrogen) atoms. The second kappa shape index (κ2) is 3.25. The van der Waals surface area contributed by atoms with Gasteiger partial charge in [0.2, 0.25) is 0 Å². The maximum absolute atomic E-state index is 6.14. The minimum Gasteiger partial charge on any atom is -0.0837 e. The van der Waals surface area contributed by atoms with E-state index in [0.29, 0.717) is 0 Å². The van der Waals surface area contributed by atoms with E-state index in [1.54, 1.807) is 0 Å². The van der Waals surface area contributed by atoms with Crippen LogP contribution in [0.2, 0.25) is 5.02 Å². The van der Waals surface area contributed by atoms with E-state index in [9.17, 15) is 0 Å². The SMILES string of the molecule is Clc1cccc2cc3ccc[c]c3cc12. The van der Waals surface area contributed by atoms with Gasteiger partial charge >= 0.3 is 0 Å². The molecule has 0 aliphatic heterocycles. The number of benzene rings is 3. The highest BCUT2D eigenvalue weighted by Crippen LogP contribution is 2.27. The standard InChI is InChI=1S/C14H8Cl/c15-14-7-3-6-12-8-10-4-1-2-5-11(10)9-13(12)14/h1-4,6-9H. The molecule has 3 rings (SSSR count). The molecule has 0 nitrogen and oxygen atoms in total. The first-order chi connectivity index (χ1) is 7.34. The van der Waals surface area contributed by atoms with Gasteiger partial charge in [-0.3, -0.25) is 0 Å². The molecule has 0 aliphatic rings. The van der Waals surface area contributed by atoms with Crippen molar-refractivity contribution in [3.8, 4) is 0 Å². The van der Waals surface area contributed by atoms with E-state index in [0.717, 1.165) is 15.8 Å². The van der Waals surface area contributed by atoms with Gasteiger partial charge in [-0.25, -0.2) is 0 Å². The molecule has 3 aromatic rings. The molecule has 0 amide bonds. The van der Waals surface area contributed by atoms with Crippen molar-refractivity contribution in [2.24, 2.45) is 0 Å². The van der Waals surface area contributed by atoms with Gasteiger partial charge in [-0.05, 0) is 40.4 Å². The Morgan fingerprint density at radius 1 is 0.933 bits per heavy atom. The normalized spacial score (nSPS) is 11.0. The zero-order chi connectivity index (χ0) is 10.3. The van der Waals surface area contributed by atoms with Crippen molar-refractivity contribution in [3.05, 3.63) is 59.6 Å². The highest BCUT2D eigenvalue weighted by atomic mass is 35.5. The fraction of sp³-hybridized carbons (Fsp3) is 0. The van der Waals surface area contributed by atoms with Crippen molar-refractivity contribution in [2.75, 3.05) is 0 Å². The first-order valence-corrected chi connectivity index (χ1v) is 5.21. The zero-order valence-electron chi connectivity index (χ0n) is 8.00. The van der Waals surface area contributed by atoms with Gasteiger partial charge in [0.15, 0.2) is 0 Å². The lowest BCUT2D eigenvalue weighted by Gasteiger charge is -2.03. The Balaban J connectivity index is 2.53. The van der Waals surface area contributed by atoms with Gasteiger partial charge in [-0.1, -0.05) is 41.9 Å². The van der Waals surface area contributed by atoms with Crippen LogP contribution in [0.1, 0.15) is 0 Å². The average Bonchev–Trinajstić information content (AvgIpc) is 2.27. The lowest BCUT2D eigenvalue weighted by atomic mass is 10.0. The molecule has 0 bridgehead atoms. The minimum atomic E-state index is 0.798. The fourth-order valence-corrected chi connectivity index (χ4v) is 2.09. The molecule has 0 unspecified atom stereocenters. The summed E-state index contributed by atoms with van der Waals surface area (Å²) in [6, 6.07) is 19.4. The number of hydrogen-bond acceptors (Lipinski definition) is 0. The van der Waals surface area contributed by atoms with E-state index in [-0.39, 0.29) is 0 Å². The summed E-state index contributed by atoms with van der Waals surface area (Å²) in [6.45, 7) is 0. The molecule has 0 saturated heterocycles. The highest BCUT2D eigenvalue weighted by Gasteiger charge is 2.00. The molecule has 0 aromatic heterocycles. The van der Waals surface area contributed by atoms with Crippen LogP contribution in [-0.4, -0.2) is 0 Å². The van der Waals surface area contributed by atoms with Crippen molar-refractivity contribution < 1.29 is 0 Å². The van der Waals surface area contributed by atoms with Gasteiger partial charge in [0, 0.05) is 10.4 Å². The third-order valence-electron chi connectivity index (χ3n) is 2.61. The van der Waals surface area contributed by atoms with Gasteiger partial charge in [-0.2, -0.15) is 0 Å². The molecule has 71 valence electrons. The Bertz CT molecular complexity index is 641. The van der Waals surface area contributed by atoms with Crippen molar-refractivity contribution in [2.45, 2.75) is 0 Å². The lowest BCUT2D eigenvalue weighted by molar-refractivity contribution is 1.75. The number of hydrogen-bond donors (Lipinski definition) is 0. The van der Waals surface area contributed by atoms with E-state index in [2.05, 4.69) is 30.3 Å². The predicted octanol–water partition coefficient (Wildman–Crippen LogP) is 4.45. The number of fused-ring (bicyclic) bond motifs is 2. The molecule has 0 atom stereocenters. The Hall–Kier alpha value is -1.53. The van der Waals surface area contributed by atoms with Crippen LogP contribution in [0.25, 0.3) is 21.5 Å². The zero-order valence-corrected chi connectivity index (χ0v) is 8.75. The monoisotopic (exact) mass is 211 g/mol. The van der Waals surface area contributed by atoms with Crippen molar-refractivity contribution in [3.63, 3.8) is 0 Å². The summed E-state index contributed by atoms with van der Waals surface area (Å²) >= 11 is 6.14. The second-order valence-corrected chi connectivity index (χ2v) is 3.98. The third kappa shape index (κ3) is 1.38. The first kappa shape index (κ1) is 8.75. The smallest absolute Gasteiger partial charge is 0.0484 e. The van der Waals surface area contributed by atoms with E-state index < -0.39 is 0 Å². The van der Waals surface area contributed by atoms with E-state index in [4.69, 9.17) is 11.6 Å². The van der Waals surface area contributed by atoms with E-state index >= 15 is 0 Å². The summed E-state index contributed by atoms with van der Waals surface area (Å²) in [5.74, 6) is 0. The third-order valence-corrected chi connectivity index (χ3v) is 2.94. The van der Waals surface area contributed by atoms with Gasteiger partial charge in [0.05, 0.1) is 0 Å². The molecule has 0 heterocycles. The summed E-state index contributed by atoms with van der Waals surface area (Å²) in [5, 5.41) is 5.38. The second-order valence-electron chi connectivity index (χ2n) is 3.57. The summed E-state index contributed by atoms with van der Waals surface area (Å²) in [5.41, 5.74) is 0. The average molecular weight is 212 g/mol. The van der Waals surface area contributed by atoms with E-state index in [1.807, 2.05) is 24.3 Å². The molecular formula is C14H8Cl.